The SMILES string of the molecule is CNC1CCC(NCCC(C)C)CC1. The normalized spacial score (nSPS) is 28.3. The largest absolute Gasteiger partial charge is 0.317 e. The van der Waals surface area contributed by atoms with E-state index in [-0.39, 0.29) is 0 Å². The summed E-state index contributed by atoms with van der Waals surface area (Å²) in [4.78, 5) is 0. The van der Waals surface area contributed by atoms with Gasteiger partial charge >= 0.3 is 0 Å². The summed E-state index contributed by atoms with van der Waals surface area (Å²) in [7, 11) is 2.08. The third-order valence-corrected chi connectivity index (χ3v) is 3.29. The van der Waals surface area contributed by atoms with Gasteiger partial charge in [-0.05, 0) is 51.6 Å². The van der Waals surface area contributed by atoms with Crippen LogP contribution in [-0.2, 0) is 0 Å². The third kappa shape index (κ3) is 4.43. The predicted molar refractivity (Wildman–Crippen MR) is 62.6 cm³/mol. The molecule has 0 aromatic carbocycles. The van der Waals surface area contributed by atoms with Crippen LogP contribution in [0.25, 0.3) is 0 Å². The van der Waals surface area contributed by atoms with E-state index in [0.29, 0.717) is 0 Å². The molecular formula is C12H26N2. The van der Waals surface area contributed by atoms with Gasteiger partial charge in [-0.15, -0.1) is 0 Å². The molecule has 0 bridgehead atoms. The van der Waals surface area contributed by atoms with Crippen LogP contribution in [0.15, 0.2) is 0 Å². The van der Waals surface area contributed by atoms with E-state index in [1.807, 2.05) is 0 Å². The molecule has 0 saturated heterocycles. The van der Waals surface area contributed by atoms with Gasteiger partial charge in [0.25, 0.3) is 0 Å². The topological polar surface area (TPSA) is 24.1 Å². The van der Waals surface area contributed by atoms with Crippen molar-refractivity contribution in [3.05, 3.63) is 0 Å². The molecule has 1 aliphatic rings. The molecule has 1 rings (SSSR count). The highest BCUT2D eigenvalue weighted by molar-refractivity contribution is 4.79. The molecule has 1 aliphatic carbocycles. The molecule has 1 fully saturated rings. The minimum Gasteiger partial charge on any atom is -0.317 e. The Balaban J connectivity index is 2.04. The van der Waals surface area contributed by atoms with Crippen molar-refractivity contribution in [2.24, 2.45) is 5.92 Å². The molecule has 2 N–H and O–H groups in total. The zero-order valence-corrected chi connectivity index (χ0v) is 9.97. The quantitative estimate of drug-likeness (QED) is 0.707. The van der Waals surface area contributed by atoms with E-state index >= 15 is 0 Å². The van der Waals surface area contributed by atoms with Crippen LogP contribution in [0.4, 0.5) is 0 Å². The zero-order chi connectivity index (χ0) is 10.4. The molecular weight excluding hydrogens is 172 g/mol. The van der Waals surface area contributed by atoms with Crippen LogP contribution in [0.3, 0.4) is 0 Å². The van der Waals surface area contributed by atoms with Gasteiger partial charge in [-0.2, -0.15) is 0 Å². The van der Waals surface area contributed by atoms with Crippen LogP contribution in [0.2, 0.25) is 0 Å². The molecule has 0 heterocycles. The van der Waals surface area contributed by atoms with Crippen molar-refractivity contribution < 1.29 is 0 Å². The summed E-state index contributed by atoms with van der Waals surface area (Å²) in [5.74, 6) is 0.830. The summed E-state index contributed by atoms with van der Waals surface area (Å²) in [6, 6.07) is 1.57. The van der Waals surface area contributed by atoms with Crippen molar-refractivity contribution >= 4 is 0 Å². The Morgan fingerprint density at radius 3 is 2.14 bits per heavy atom. The molecule has 0 aromatic heterocycles. The lowest BCUT2D eigenvalue weighted by atomic mass is 9.91. The summed E-state index contributed by atoms with van der Waals surface area (Å²) in [5.41, 5.74) is 0. The van der Waals surface area contributed by atoms with Gasteiger partial charge in [-0.3, -0.25) is 0 Å². The van der Waals surface area contributed by atoms with E-state index in [9.17, 15) is 0 Å². The second-order valence-electron chi connectivity index (χ2n) is 4.97. The number of hydrogen-bond acceptors (Lipinski definition) is 2. The lowest BCUT2D eigenvalue weighted by Crippen LogP contribution is -2.39. The molecule has 84 valence electrons. The first kappa shape index (κ1) is 12.0. The second-order valence-corrected chi connectivity index (χ2v) is 4.97. The van der Waals surface area contributed by atoms with Gasteiger partial charge in [0.1, 0.15) is 0 Å². The monoisotopic (exact) mass is 198 g/mol. The molecule has 0 amide bonds. The van der Waals surface area contributed by atoms with Gasteiger partial charge in [-0.1, -0.05) is 13.8 Å². The molecule has 2 heteroatoms. The fourth-order valence-corrected chi connectivity index (χ4v) is 2.16. The van der Waals surface area contributed by atoms with E-state index in [4.69, 9.17) is 0 Å². The zero-order valence-electron chi connectivity index (χ0n) is 9.97. The average Bonchev–Trinajstić information content (AvgIpc) is 2.18. The maximum absolute atomic E-state index is 3.67. The lowest BCUT2D eigenvalue weighted by molar-refractivity contribution is 0.314. The molecule has 0 aliphatic heterocycles. The Bertz CT molecular complexity index is 137. The molecule has 0 radical (unpaired) electrons. The van der Waals surface area contributed by atoms with Gasteiger partial charge in [0, 0.05) is 12.1 Å². The minimum absolute atomic E-state index is 0.776. The first-order valence-corrected chi connectivity index (χ1v) is 6.13. The Kier molecular flexibility index (Phi) is 5.49. The molecule has 0 unspecified atom stereocenters. The van der Waals surface area contributed by atoms with Gasteiger partial charge < -0.3 is 10.6 Å². The summed E-state index contributed by atoms with van der Waals surface area (Å²) in [6.07, 6.45) is 6.70. The lowest BCUT2D eigenvalue weighted by Gasteiger charge is -2.29. The highest BCUT2D eigenvalue weighted by Crippen LogP contribution is 2.18. The fourth-order valence-electron chi connectivity index (χ4n) is 2.16. The first-order chi connectivity index (χ1) is 6.72. The fraction of sp³-hybridized carbons (Fsp3) is 1.00. The smallest absolute Gasteiger partial charge is 0.00682 e. The average molecular weight is 198 g/mol. The van der Waals surface area contributed by atoms with E-state index in [1.54, 1.807) is 0 Å². The standard InChI is InChI=1S/C12H26N2/c1-10(2)8-9-14-12-6-4-11(13-3)5-7-12/h10-14H,4-9H2,1-3H3. The van der Waals surface area contributed by atoms with E-state index < -0.39 is 0 Å². The van der Waals surface area contributed by atoms with E-state index in [2.05, 4.69) is 31.5 Å². The van der Waals surface area contributed by atoms with E-state index in [1.165, 1.54) is 38.6 Å². The molecule has 14 heavy (non-hydrogen) atoms. The van der Waals surface area contributed by atoms with Crippen molar-refractivity contribution in [1.82, 2.24) is 10.6 Å². The van der Waals surface area contributed by atoms with Crippen molar-refractivity contribution in [3.63, 3.8) is 0 Å². The molecule has 1 saturated carbocycles. The van der Waals surface area contributed by atoms with Gasteiger partial charge in [0.2, 0.25) is 0 Å². The van der Waals surface area contributed by atoms with Crippen LogP contribution < -0.4 is 10.6 Å². The summed E-state index contributed by atoms with van der Waals surface area (Å²) in [5, 5.41) is 7.04. The number of rotatable bonds is 5. The molecule has 2 nitrogen and oxygen atoms in total. The third-order valence-electron chi connectivity index (χ3n) is 3.29. The highest BCUT2D eigenvalue weighted by Gasteiger charge is 2.18. The second kappa shape index (κ2) is 6.41. The van der Waals surface area contributed by atoms with Crippen LogP contribution in [0.5, 0.6) is 0 Å². The molecule has 0 atom stereocenters. The van der Waals surface area contributed by atoms with Crippen molar-refractivity contribution in [2.75, 3.05) is 13.6 Å². The summed E-state index contributed by atoms with van der Waals surface area (Å²) >= 11 is 0. The summed E-state index contributed by atoms with van der Waals surface area (Å²) < 4.78 is 0. The van der Waals surface area contributed by atoms with Gasteiger partial charge in [0.05, 0.1) is 0 Å². The maximum Gasteiger partial charge on any atom is 0.00682 e. The van der Waals surface area contributed by atoms with E-state index in [0.717, 1.165) is 18.0 Å². The predicted octanol–water partition coefficient (Wildman–Crippen LogP) is 2.15. The Morgan fingerprint density at radius 1 is 1.07 bits per heavy atom. The van der Waals surface area contributed by atoms with Crippen molar-refractivity contribution in [2.45, 2.75) is 58.0 Å². The van der Waals surface area contributed by atoms with Crippen LogP contribution >= 0.6 is 0 Å². The first-order valence-electron chi connectivity index (χ1n) is 6.13. The Morgan fingerprint density at radius 2 is 1.64 bits per heavy atom. The van der Waals surface area contributed by atoms with Gasteiger partial charge in [0.15, 0.2) is 0 Å². The number of nitrogens with one attached hydrogen (secondary N) is 2. The molecule has 0 aromatic rings. The maximum atomic E-state index is 3.67. The minimum atomic E-state index is 0.776. The van der Waals surface area contributed by atoms with Crippen molar-refractivity contribution in [1.29, 1.82) is 0 Å². The highest BCUT2D eigenvalue weighted by atomic mass is 14.9. The van der Waals surface area contributed by atoms with Crippen LogP contribution in [0, 0.1) is 5.92 Å². The Labute approximate surface area is 88.8 Å². The number of hydrogen-bond donors (Lipinski definition) is 2. The molecule has 0 spiro atoms. The van der Waals surface area contributed by atoms with Crippen LogP contribution in [0.1, 0.15) is 46.0 Å². The Hall–Kier alpha value is -0.0800. The van der Waals surface area contributed by atoms with Crippen molar-refractivity contribution in [3.8, 4) is 0 Å². The summed E-state index contributed by atoms with van der Waals surface area (Å²) in [6.45, 7) is 5.78. The van der Waals surface area contributed by atoms with Crippen LogP contribution in [-0.4, -0.2) is 25.7 Å². The van der Waals surface area contributed by atoms with Gasteiger partial charge in [-0.25, -0.2) is 0 Å².